The number of benzene rings is 2. The van der Waals surface area contributed by atoms with E-state index in [4.69, 9.17) is 15.2 Å². The van der Waals surface area contributed by atoms with Gasteiger partial charge in [0, 0.05) is 54.6 Å². The SMILES string of the molecule is COc1ccc(N)c2c1CN(C)CC2.COc1ccc([N+](=O)[O-])c2c1CN(C)CC2. The molecule has 0 radical (unpaired) electrons. The second-order valence-corrected chi connectivity index (χ2v) is 7.79. The molecule has 2 aromatic rings. The van der Waals surface area contributed by atoms with Gasteiger partial charge in [0.1, 0.15) is 11.5 Å². The van der Waals surface area contributed by atoms with E-state index in [0.29, 0.717) is 13.0 Å². The van der Waals surface area contributed by atoms with Crippen LogP contribution >= 0.6 is 0 Å². The van der Waals surface area contributed by atoms with E-state index in [0.717, 1.165) is 54.4 Å². The number of hydrogen-bond donors (Lipinski definition) is 1. The molecular formula is C22H30N4O4. The summed E-state index contributed by atoms with van der Waals surface area (Å²) in [6.45, 7) is 3.56. The van der Waals surface area contributed by atoms with Crippen molar-refractivity contribution in [3.8, 4) is 11.5 Å². The van der Waals surface area contributed by atoms with E-state index < -0.39 is 0 Å². The number of nitrogen functional groups attached to an aromatic ring is 1. The largest absolute Gasteiger partial charge is 0.496 e. The lowest BCUT2D eigenvalue weighted by Gasteiger charge is -2.27. The minimum absolute atomic E-state index is 0.212. The molecule has 0 unspecified atom stereocenters. The van der Waals surface area contributed by atoms with Crippen LogP contribution in [0.2, 0.25) is 0 Å². The summed E-state index contributed by atoms with van der Waals surface area (Å²) in [6, 6.07) is 7.09. The van der Waals surface area contributed by atoms with E-state index in [1.807, 2.05) is 19.2 Å². The Morgan fingerprint density at radius 2 is 1.37 bits per heavy atom. The number of nitrogens with zero attached hydrogens (tertiary/aromatic N) is 3. The summed E-state index contributed by atoms with van der Waals surface area (Å²) < 4.78 is 10.6. The maximum absolute atomic E-state index is 10.9. The van der Waals surface area contributed by atoms with E-state index in [1.165, 1.54) is 17.2 Å². The summed E-state index contributed by atoms with van der Waals surface area (Å²) in [5, 5.41) is 10.9. The lowest BCUT2D eigenvalue weighted by atomic mass is 9.97. The Morgan fingerprint density at radius 1 is 0.867 bits per heavy atom. The van der Waals surface area contributed by atoms with Crippen molar-refractivity contribution in [1.82, 2.24) is 9.80 Å². The Kier molecular flexibility index (Phi) is 6.79. The van der Waals surface area contributed by atoms with E-state index in [2.05, 4.69) is 16.8 Å². The van der Waals surface area contributed by atoms with Crippen LogP contribution in [0, 0.1) is 10.1 Å². The average molecular weight is 415 g/mol. The van der Waals surface area contributed by atoms with Crippen LogP contribution in [0.15, 0.2) is 24.3 Å². The topological polar surface area (TPSA) is 94.1 Å². The van der Waals surface area contributed by atoms with Crippen molar-refractivity contribution < 1.29 is 14.4 Å². The lowest BCUT2D eigenvalue weighted by molar-refractivity contribution is -0.385. The van der Waals surface area contributed by atoms with Crippen LogP contribution in [-0.2, 0) is 25.9 Å². The van der Waals surface area contributed by atoms with Crippen molar-refractivity contribution in [3.05, 3.63) is 56.6 Å². The van der Waals surface area contributed by atoms with Crippen molar-refractivity contribution in [1.29, 1.82) is 0 Å². The van der Waals surface area contributed by atoms with Gasteiger partial charge in [0.25, 0.3) is 5.69 Å². The number of likely N-dealkylation sites (N-methyl/N-ethyl adjacent to an activating group) is 2. The van der Waals surface area contributed by atoms with Gasteiger partial charge < -0.3 is 25.0 Å². The fourth-order valence-corrected chi connectivity index (χ4v) is 4.13. The number of nitro benzene ring substituents is 1. The number of anilines is 1. The first-order valence-corrected chi connectivity index (χ1v) is 10.00. The minimum atomic E-state index is -0.316. The first-order valence-electron chi connectivity index (χ1n) is 10.00. The van der Waals surface area contributed by atoms with Crippen LogP contribution in [0.1, 0.15) is 22.3 Å². The Labute approximate surface area is 177 Å². The first kappa shape index (κ1) is 21.9. The molecule has 8 nitrogen and oxygen atoms in total. The van der Waals surface area contributed by atoms with Gasteiger partial charge in [0.2, 0.25) is 0 Å². The Balaban J connectivity index is 0.000000172. The quantitative estimate of drug-likeness (QED) is 0.469. The maximum Gasteiger partial charge on any atom is 0.273 e. The van der Waals surface area contributed by atoms with E-state index in [1.54, 1.807) is 20.3 Å². The van der Waals surface area contributed by atoms with Crippen molar-refractivity contribution in [2.24, 2.45) is 0 Å². The van der Waals surface area contributed by atoms with Gasteiger partial charge in [-0.2, -0.15) is 0 Å². The highest BCUT2D eigenvalue weighted by Crippen LogP contribution is 2.34. The van der Waals surface area contributed by atoms with Crippen LogP contribution in [0.25, 0.3) is 0 Å². The molecular weight excluding hydrogens is 384 g/mol. The molecule has 0 aromatic heterocycles. The fraction of sp³-hybridized carbons (Fsp3) is 0.455. The first-order chi connectivity index (χ1) is 14.3. The fourth-order valence-electron chi connectivity index (χ4n) is 4.13. The van der Waals surface area contributed by atoms with Gasteiger partial charge in [0.15, 0.2) is 0 Å². The van der Waals surface area contributed by atoms with Crippen molar-refractivity contribution in [2.75, 3.05) is 47.1 Å². The predicted molar refractivity (Wildman–Crippen MR) is 117 cm³/mol. The molecule has 2 aliphatic rings. The third-order valence-corrected chi connectivity index (χ3v) is 5.77. The lowest BCUT2D eigenvalue weighted by Crippen LogP contribution is -2.27. The molecule has 2 aromatic carbocycles. The molecule has 4 rings (SSSR count). The summed E-state index contributed by atoms with van der Waals surface area (Å²) in [5.74, 6) is 1.70. The molecule has 0 bridgehead atoms. The Bertz CT molecular complexity index is 932. The zero-order valence-electron chi connectivity index (χ0n) is 18.1. The van der Waals surface area contributed by atoms with Crippen LogP contribution < -0.4 is 15.2 Å². The monoisotopic (exact) mass is 414 g/mol. The van der Waals surface area contributed by atoms with Crippen LogP contribution in [0.3, 0.4) is 0 Å². The van der Waals surface area contributed by atoms with Gasteiger partial charge >= 0.3 is 0 Å². The molecule has 0 atom stereocenters. The van der Waals surface area contributed by atoms with Gasteiger partial charge in [-0.05, 0) is 50.7 Å². The highest BCUT2D eigenvalue weighted by molar-refractivity contribution is 5.57. The van der Waals surface area contributed by atoms with E-state index in [-0.39, 0.29) is 10.6 Å². The molecule has 0 saturated carbocycles. The third-order valence-electron chi connectivity index (χ3n) is 5.77. The van der Waals surface area contributed by atoms with Crippen molar-refractivity contribution in [2.45, 2.75) is 25.9 Å². The summed E-state index contributed by atoms with van der Waals surface area (Å²) in [7, 11) is 7.42. The average Bonchev–Trinajstić information content (AvgIpc) is 2.73. The van der Waals surface area contributed by atoms with Gasteiger partial charge in [-0.3, -0.25) is 10.1 Å². The van der Waals surface area contributed by atoms with Crippen molar-refractivity contribution in [3.63, 3.8) is 0 Å². The molecule has 2 aliphatic heterocycles. The zero-order chi connectivity index (χ0) is 21.8. The normalized spacial score (nSPS) is 16.0. The number of nitrogens with two attached hydrogens (primary N) is 1. The number of hydrogen-bond acceptors (Lipinski definition) is 7. The number of methoxy groups -OCH3 is 2. The maximum atomic E-state index is 10.9. The minimum Gasteiger partial charge on any atom is -0.496 e. The molecule has 2 heterocycles. The summed E-state index contributed by atoms with van der Waals surface area (Å²) in [5.41, 5.74) is 11.3. The molecule has 0 spiro atoms. The molecule has 8 heteroatoms. The highest BCUT2D eigenvalue weighted by Gasteiger charge is 2.25. The predicted octanol–water partition coefficient (Wildman–Crippen LogP) is 2.86. The Hall–Kier alpha value is -2.84. The molecule has 0 amide bonds. The van der Waals surface area contributed by atoms with Crippen LogP contribution in [0.5, 0.6) is 11.5 Å². The second-order valence-electron chi connectivity index (χ2n) is 7.79. The van der Waals surface area contributed by atoms with Gasteiger partial charge in [-0.1, -0.05) is 0 Å². The second kappa shape index (κ2) is 9.32. The molecule has 0 aliphatic carbocycles. The molecule has 30 heavy (non-hydrogen) atoms. The number of nitro groups is 1. The smallest absolute Gasteiger partial charge is 0.273 e. The van der Waals surface area contributed by atoms with E-state index in [9.17, 15) is 10.1 Å². The molecule has 0 fully saturated rings. The zero-order valence-corrected chi connectivity index (χ0v) is 18.1. The summed E-state index contributed by atoms with van der Waals surface area (Å²) in [6.07, 6.45) is 1.73. The Morgan fingerprint density at radius 3 is 1.90 bits per heavy atom. The molecule has 0 saturated heterocycles. The number of ether oxygens (including phenoxy) is 2. The van der Waals surface area contributed by atoms with Crippen molar-refractivity contribution >= 4 is 11.4 Å². The third kappa shape index (κ3) is 4.49. The highest BCUT2D eigenvalue weighted by atomic mass is 16.6. The van der Waals surface area contributed by atoms with Gasteiger partial charge in [0.05, 0.1) is 19.1 Å². The van der Waals surface area contributed by atoms with Gasteiger partial charge in [-0.15, -0.1) is 0 Å². The molecule has 162 valence electrons. The molecule has 2 N–H and O–H groups in total. The summed E-state index contributed by atoms with van der Waals surface area (Å²) in [4.78, 5) is 15.0. The van der Waals surface area contributed by atoms with E-state index >= 15 is 0 Å². The van der Waals surface area contributed by atoms with Crippen LogP contribution in [0.4, 0.5) is 11.4 Å². The number of rotatable bonds is 3. The van der Waals surface area contributed by atoms with Crippen LogP contribution in [-0.4, -0.2) is 56.1 Å². The standard InChI is InChI=1S/C11H14N2O3.C11H16N2O/c1-12-6-5-8-9(7-12)11(16-2)4-3-10(8)13(14)15;1-13-6-5-8-9(7-13)11(14-2)4-3-10(8)12/h3-4H,5-7H2,1-2H3;3-4H,5-7,12H2,1-2H3. The van der Waals surface area contributed by atoms with Gasteiger partial charge in [-0.25, -0.2) is 0 Å². The number of fused-ring (bicyclic) bond motifs is 2. The summed E-state index contributed by atoms with van der Waals surface area (Å²) >= 11 is 0.